The molecule has 22 heavy (non-hydrogen) atoms. The van der Waals surface area contributed by atoms with Crippen LogP contribution in [0.4, 0.5) is 4.39 Å². The lowest BCUT2D eigenvalue weighted by Gasteiger charge is -2.37. The summed E-state index contributed by atoms with van der Waals surface area (Å²) in [6, 6.07) is 4.64. The van der Waals surface area contributed by atoms with E-state index in [0.717, 1.165) is 38.7 Å². The second-order valence-corrected chi connectivity index (χ2v) is 7.94. The fraction of sp³-hybridized carbons (Fsp3) is 0.600. The minimum atomic E-state index is -3.60. The van der Waals surface area contributed by atoms with Crippen LogP contribution in [0.25, 0.3) is 0 Å². The van der Waals surface area contributed by atoms with Crippen molar-refractivity contribution in [1.29, 1.82) is 0 Å². The molecule has 0 spiro atoms. The molecular formula is C15H22FN3O2S. The summed E-state index contributed by atoms with van der Waals surface area (Å²) >= 11 is 0. The monoisotopic (exact) mass is 327 g/mol. The van der Waals surface area contributed by atoms with E-state index < -0.39 is 15.8 Å². The van der Waals surface area contributed by atoms with Gasteiger partial charge in [0.25, 0.3) is 0 Å². The first-order valence-corrected chi connectivity index (χ1v) is 9.13. The van der Waals surface area contributed by atoms with Crippen LogP contribution < -0.4 is 5.32 Å². The predicted molar refractivity (Wildman–Crippen MR) is 82.7 cm³/mol. The predicted octanol–water partition coefficient (Wildman–Crippen LogP) is 0.802. The Labute approximate surface area is 131 Å². The summed E-state index contributed by atoms with van der Waals surface area (Å²) in [4.78, 5) is 2.40. The topological polar surface area (TPSA) is 52.7 Å². The van der Waals surface area contributed by atoms with Gasteiger partial charge < -0.3 is 5.32 Å². The highest BCUT2D eigenvalue weighted by atomic mass is 32.2. The zero-order chi connectivity index (χ0) is 15.7. The minimum absolute atomic E-state index is 0.0478. The molecule has 0 saturated carbocycles. The third kappa shape index (κ3) is 3.03. The van der Waals surface area contributed by atoms with E-state index in [2.05, 4.69) is 10.2 Å². The van der Waals surface area contributed by atoms with E-state index in [9.17, 15) is 12.8 Å². The molecule has 2 heterocycles. The number of piperazine rings is 1. The molecule has 1 atom stereocenters. The van der Waals surface area contributed by atoms with Gasteiger partial charge in [0.1, 0.15) is 5.82 Å². The number of rotatable bonds is 3. The fourth-order valence-corrected chi connectivity index (χ4v) is 4.58. The van der Waals surface area contributed by atoms with Crippen molar-refractivity contribution in [3.63, 3.8) is 0 Å². The van der Waals surface area contributed by atoms with Crippen LogP contribution in [-0.2, 0) is 10.0 Å². The maximum absolute atomic E-state index is 13.6. The largest absolute Gasteiger partial charge is 0.315 e. The van der Waals surface area contributed by atoms with Crippen molar-refractivity contribution in [3.8, 4) is 0 Å². The molecule has 0 aliphatic carbocycles. The van der Waals surface area contributed by atoms with Crippen molar-refractivity contribution in [2.75, 3.05) is 39.3 Å². The van der Waals surface area contributed by atoms with Gasteiger partial charge in [0.05, 0.1) is 4.90 Å². The Balaban J connectivity index is 1.70. The van der Waals surface area contributed by atoms with Crippen LogP contribution in [0.2, 0.25) is 0 Å². The Kier molecular flexibility index (Phi) is 4.49. The van der Waals surface area contributed by atoms with E-state index in [1.54, 1.807) is 6.92 Å². The fourth-order valence-electron chi connectivity index (χ4n) is 3.14. The Morgan fingerprint density at radius 2 is 1.95 bits per heavy atom. The van der Waals surface area contributed by atoms with E-state index in [1.165, 1.54) is 16.4 Å². The van der Waals surface area contributed by atoms with Crippen LogP contribution in [0, 0.1) is 12.7 Å². The van der Waals surface area contributed by atoms with Crippen LogP contribution in [0.3, 0.4) is 0 Å². The van der Waals surface area contributed by atoms with Crippen molar-refractivity contribution >= 4 is 10.0 Å². The van der Waals surface area contributed by atoms with Gasteiger partial charge in [-0.1, -0.05) is 6.07 Å². The summed E-state index contributed by atoms with van der Waals surface area (Å²) in [5.41, 5.74) is 0.456. The summed E-state index contributed by atoms with van der Waals surface area (Å²) in [5.74, 6) is -0.475. The van der Waals surface area contributed by atoms with Gasteiger partial charge in [-0.3, -0.25) is 4.90 Å². The lowest BCUT2D eigenvalue weighted by molar-refractivity contribution is 0.145. The zero-order valence-electron chi connectivity index (χ0n) is 12.8. The average molecular weight is 327 g/mol. The van der Waals surface area contributed by atoms with Crippen molar-refractivity contribution in [1.82, 2.24) is 14.5 Å². The van der Waals surface area contributed by atoms with Crippen LogP contribution >= 0.6 is 0 Å². The van der Waals surface area contributed by atoms with Crippen molar-refractivity contribution < 1.29 is 12.8 Å². The first-order valence-electron chi connectivity index (χ1n) is 7.69. The number of nitrogens with zero attached hydrogens (tertiary/aromatic N) is 2. The molecule has 2 fully saturated rings. The van der Waals surface area contributed by atoms with Crippen LogP contribution in [0.1, 0.15) is 12.0 Å². The van der Waals surface area contributed by atoms with Gasteiger partial charge in [0.2, 0.25) is 10.0 Å². The Bertz CT molecular complexity index is 636. The molecular weight excluding hydrogens is 305 g/mol. The number of halogens is 1. The highest BCUT2D eigenvalue weighted by molar-refractivity contribution is 7.89. The van der Waals surface area contributed by atoms with Crippen molar-refractivity contribution in [3.05, 3.63) is 29.6 Å². The zero-order valence-corrected chi connectivity index (χ0v) is 13.6. The lowest BCUT2D eigenvalue weighted by Crippen LogP contribution is -2.52. The quantitative estimate of drug-likeness (QED) is 0.892. The summed E-state index contributed by atoms with van der Waals surface area (Å²) < 4.78 is 40.3. The van der Waals surface area contributed by atoms with Gasteiger partial charge >= 0.3 is 0 Å². The number of nitrogens with one attached hydrogen (secondary N) is 1. The first-order chi connectivity index (χ1) is 10.5. The van der Waals surface area contributed by atoms with E-state index in [0.29, 0.717) is 24.7 Å². The molecule has 5 nitrogen and oxygen atoms in total. The maximum atomic E-state index is 13.6. The van der Waals surface area contributed by atoms with Gasteiger partial charge in [0, 0.05) is 38.8 Å². The van der Waals surface area contributed by atoms with Gasteiger partial charge in [-0.15, -0.1) is 0 Å². The molecule has 7 heteroatoms. The van der Waals surface area contributed by atoms with Gasteiger partial charge in [-0.25, -0.2) is 12.8 Å². The number of aryl methyl sites for hydroxylation is 1. The van der Waals surface area contributed by atoms with E-state index in [4.69, 9.17) is 0 Å². The van der Waals surface area contributed by atoms with Crippen molar-refractivity contribution in [2.45, 2.75) is 24.3 Å². The molecule has 2 aliphatic rings. The normalized spacial score (nSPS) is 24.7. The Morgan fingerprint density at radius 1 is 1.23 bits per heavy atom. The highest BCUT2D eigenvalue weighted by Gasteiger charge is 2.32. The molecule has 1 unspecified atom stereocenters. The number of benzene rings is 1. The molecule has 2 aliphatic heterocycles. The van der Waals surface area contributed by atoms with E-state index in [-0.39, 0.29) is 4.90 Å². The molecule has 0 aromatic heterocycles. The molecule has 2 saturated heterocycles. The Morgan fingerprint density at radius 3 is 2.55 bits per heavy atom. The second kappa shape index (κ2) is 6.23. The minimum Gasteiger partial charge on any atom is -0.315 e. The summed E-state index contributed by atoms with van der Waals surface area (Å²) in [6.45, 7) is 6.05. The molecule has 122 valence electrons. The molecule has 0 radical (unpaired) electrons. The molecule has 0 bridgehead atoms. The standard InChI is InChI=1S/C15H22FN3O2S/c1-12-2-3-14(10-15(12)16)22(20,21)19-8-6-18(7-9-19)13-4-5-17-11-13/h2-3,10,13,17H,4-9,11H2,1H3. The molecule has 1 aromatic rings. The molecule has 1 N–H and O–H groups in total. The maximum Gasteiger partial charge on any atom is 0.243 e. The third-order valence-electron chi connectivity index (χ3n) is 4.61. The van der Waals surface area contributed by atoms with Crippen LogP contribution in [0.5, 0.6) is 0 Å². The summed E-state index contributed by atoms with van der Waals surface area (Å²) in [7, 11) is -3.60. The van der Waals surface area contributed by atoms with Crippen LogP contribution in [0.15, 0.2) is 23.1 Å². The third-order valence-corrected chi connectivity index (χ3v) is 6.50. The second-order valence-electron chi connectivity index (χ2n) is 6.00. The summed E-state index contributed by atoms with van der Waals surface area (Å²) in [5, 5.41) is 3.33. The van der Waals surface area contributed by atoms with Crippen molar-refractivity contribution in [2.24, 2.45) is 0 Å². The molecule has 0 amide bonds. The summed E-state index contributed by atoms with van der Waals surface area (Å²) in [6.07, 6.45) is 1.12. The number of hydrogen-bond donors (Lipinski definition) is 1. The number of hydrogen-bond acceptors (Lipinski definition) is 4. The van der Waals surface area contributed by atoms with Gasteiger partial charge in [-0.05, 0) is 37.6 Å². The number of sulfonamides is 1. The highest BCUT2D eigenvalue weighted by Crippen LogP contribution is 2.21. The van der Waals surface area contributed by atoms with E-state index >= 15 is 0 Å². The van der Waals surface area contributed by atoms with Gasteiger partial charge in [0.15, 0.2) is 0 Å². The van der Waals surface area contributed by atoms with Gasteiger partial charge in [-0.2, -0.15) is 4.31 Å². The Hall–Kier alpha value is -1.02. The SMILES string of the molecule is Cc1ccc(S(=O)(=O)N2CCN(C3CCNC3)CC2)cc1F. The molecule has 1 aromatic carbocycles. The average Bonchev–Trinajstić information content (AvgIpc) is 3.04. The molecule has 3 rings (SSSR count). The first kappa shape index (κ1) is 15.9. The van der Waals surface area contributed by atoms with Crippen LogP contribution in [-0.4, -0.2) is 62.9 Å². The van der Waals surface area contributed by atoms with E-state index in [1.807, 2.05) is 0 Å². The lowest BCUT2D eigenvalue weighted by atomic mass is 10.2. The smallest absolute Gasteiger partial charge is 0.243 e.